The Morgan fingerprint density at radius 3 is 2.41 bits per heavy atom. The molecule has 5 rings (SSSR count). The zero-order valence-electron chi connectivity index (χ0n) is 21.4. The predicted molar refractivity (Wildman–Crippen MR) is 142 cm³/mol. The first kappa shape index (κ1) is 25.2. The first-order valence-electron chi connectivity index (χ1n) is 12.5. The summed E-state index contributed by atoms with van der Waals surface area (Å²) in [6, 6.07) is 22.0. The van der Waals surface area contributed by atoms with Crippen molar-refractivity contribution in [3.05, 3.63) is 95.3 Å². The highest BCUT2D eigenvalue weighted by Crippen LogP contribution is 2.45. The number of ether oxygens (including phenoxy) is 1. The molecule has 1 aliphatic rings. The minimum absolute atomic E-state index is 0.156. The number of nitrogens with zero attached hydrogens (tertiary/aromatic N) is 2. The van der Waals surface area contributed by atoms with Gasteiger partial charge in [0.1, 0.15) is 11.4 Å². The summed E-state index contributed by atoms with van der Waals surface area (Å²) in [4.78, 5) is 4.82. The van der Waals surface area contributed by atoms with Gasteiger partial charge in [0.15, 0.2) is 5.82 Å². The van der Waals surface area contributed by atoms with Crippen LogP contribution in [-0.2, 0) is 22.9 Å². The zero-order valence-corrected chi connectivity index (χ0v) is 22.2. The molecule has 0 spiro atoms. The quantitative estimate of drug-likeness (QED) is 0.337. The van der Waals surface area contributed by atoms with Gasteiger partial charge in [-0.05, 0) is 61.7 Å². The molecule has 0 aliphatic carbocycles. The summed E-state index contributed by atoms with van der Waals surface area (Å²) in [5, 5.41) is 4.14. The fourth-order valence-electron chi connectivity index (χ4n) is 4.59. The second-order valence-electron chi connectivity index (χ2n) is 10.0. The summed E-state index contributed by atoms with van der Waals surface area (Å²) in [6.45, 7) is 7.98. The van der Waals surface area contributed by atoms with Crippen LogP contribution < -0.4 is 9.46 Å². The lowest BCUT2D eigenvalue weighted by Gasteiger charge is -2.43. The summed E-state index contributed by atoms with van der Waals surface area (Å²) in [7, 11) is -3.78. The van der Waals surface area contributed by atoms with Crippen molar-refractivity contribution in [2.75, 3.05) is 0 Å². The number of hydrogen-bond donors (Lipinski definition) is 1. The molecule has 2 heterocycles. The Morgan fingerprint density at radius 1 is 0.973 bits per heavy atom. The lowest BCUT2D eigenvalue weighted by molar-refractivity contribution is 0.0167. The molecule has 1 aromatic heterocycles. The van der Waals surface area contributed by atoms with E-state index in [-0.39, 0.29) is 10.8 Å². The maximum atomic E-state index is 13.4. The average molecular weight is 518 g/mol. The molecule has 0 bridgehead atoms. The van der Waals surface area contributed by atoms with Crippen molar-refractivity contribution in [3.8, 4) is 17.2 Å². The topological polar surface area (TPSA) is 94.3 Å². The van der Waals surface area contributed by atoms with E-state index in [4.69, 9.17) is 9.26 Å². The maximum Gasteiger partial charge on any atom is 0.257 e. The van der Waals surface area contributed by atoms with Gasteiger partial charge in [-0.3, -0.25) is 0 Å². The first-order valence-corrected chi connectivity index (χ1v) is 14.0. The lowest BCUT2D eigenvalue weighted by Crippen LogP contribution is -2.48. The van der Waals surface area contributed by atoms with E-state index in [1.807, 2.05) is 88.4 Å². The summed E-state index contributed by atoms with van der Waals surface area (Å²) >= 11 is 0. The molecule has 0 fully saturated rings. The van der Waals surface area contributed by atoms with Crippen molar-refractivity contribution in [2.24, 2.45) is 5.92 Å². The smallest absolute Gasteiger partial charge is 0.257 e. The van der Waals surface area contributed by atoms with Crippen LogP contribution in [0.5, 0.6) is 5.75 Å². The largest absolute Gasteiger partial charge is 0.487 e. The van der Waals surface area contributed by atoms with E-state index in [1.165, 1.54) is 0 Å². The van der Waals surface area contributed by atoms with Crippen LogP contribution in [0.25, 0.3) is 11.5 Å². The van der Waals surface area contributed by atoms with Crippen molar-refractivity contribution in [1.29, 1.82) is 0 Å². The molecule has 4 aromatic rings. The summed E-state index contributed by atoms with van der Waals surface area (Å²) in [5.74, 6) is 1.43. The van der Waals surface area contributed by atoms with Crippen LogP contribution >= 0.6 is 0 Å². The van der Waals surface area contributed by atoms with Crippen LogP contribution in [-0.4, -0.2) is 24.2 Å². The van der Waals surface area contributed by atoms with Gasteiger partial charge >= 0.3 is 0 Å². The fourth-order valence-corrected chi connectivity index (χ4v) is 5.89. The predicted octanol–water partition coefficient (Wildman–Crippen LogP) is 5.72. The number of sulfonamides is 1. The second-order valence-corrected chi connectivity index (χ2v) is 11.7. The number of benzene rings is 3. The summed E-state index contributed by atoms with van der Waals surface area (Å²) in [6.07, 6.45) is 1.40. The molecule has 0 saturated heterocycles. The molecule has 1 aliphatic heterocycles. The minimum atomic E-state index is -3.78. The summed E-state index contributed by atoms with van der Waals surface area (Å²) in [5.41, 5.74) is 3.03. The number of aryl methyl sites for hydroxylation is 1. The third-order valence-electron chi connectivity index (χ3n) is 7.16. The highest BCUT2D eigenvalue weighted by atomic mass is 32.2. The maximum absolute atomic E-state index is 13.4. The van der Waals surface area contributed by atoms with Crippen molar-refractivity contribution in [1.82, 2.24) is 14.9 Å². The number of rotatable bonds is 7. The highest BCUT2D eigenvalue weighted by molar-refractivity contribution is 7.89. The first-order chi connectivity index (χ1) is 17.7. The van der Waals surface area contributed by atoms with Crippen molar-refractivity contribution in [3.63, 3.8) is 0 Å². The SMILES string of the molecule is CCc1ccc(S(=O)(=O)N[C@@H]2c3cc(-c4nc(Cc5ccccc5)no4)ccc3OC(C)(C)[C@@H]2C)cc1. The van der Waals surface area contributed by atoms with E-state index in [1.54, 1.807) is 12.1 Å². The Labute approximate surface area is 217 Å². The van der Waals surface area contributed by atoms with E-state index >= 15 is 0 Å². The molecule has 1 N–H and O–H groups in total. The molecule has 0 amide bonds. The van der Waals surface area contributed by atoms with Gasteiger partial charge in [0.25, 0.3) is 5.89 Å². The summed E-state index contributed by atoms with van der Waals surface area (Å²) < 4.78 is 41.6. The molecule has 2 atom stereocenters. The van der Waals surface area contributed by atoms with Gasteiger partial charge in [-0.25, -0.2) is 13.1 Å². The molecule has 7 nitrogen and oxygen atoms in total. The molecule has 3 aromatic carbocycles. The fraction of sp³-hybridized carbons (Fsp3) is 0.310. The van der Waals surface area contributed by atoms with Crippen molar-refractivity contribution in [2.45, 2.75) is 57.1 Å². The Bertz CT molecular complexity index is 1500. The normalized spacial score (nSPS) is 18.7. The van der Waals surface area contributed by atoms with E-state index < -0.39 is 21.7 Å². The molecule has 37 heavy (non-hydrogen) atoms. The van der Waals surface area contributed by atoms with Gasteiger partial charge in [0, 0.05) is 23.5 Å². The van der Waals surface area contributed by atoms with E-state index in [0.29, 0.717) is 29.4 Å². The molecule has 0 radical (unpaired) electrons. The van der Waals surface area contributed by atoms with Crippen molar-refractivity contribution < 1.29 is 17.7 Å². The number of fused-ring (bicyclic) bond motifs is 1. The van der Waals surface area contributed by atoms with E-state index in [2.05, 4.69) is 14.9 Å². The third kappa shape index (κ3) is 5.17. The van der Waals surface area contributed by atoms with Crippen LogP contribution in [0, 0.1) is 5.92 Å². The van der Waals surface area contributed by atoms with Crippen molar-refractivity contribution >= 4 is 10.0 Å². The average Bonchev–Trinajstić information content (AvgIpc) is 3.35. The van der Waals surface area contributed by atoms with Crippen LogP contribution in [0.3, 0.4) is 0 Å². The molecular weight excluding hydrogens is 486 g/mol. The third-order valence-corrected chi connectivity index (χ3v) is 8.62. The van der Waals surface area contributed by atoms with Crippen LogP contribution in [0.1, 0.15) is 56.3 Å². The molecule has 0 saturated carbocycles. The molecule has 8 heteroatoms. The zero-order chi connectivity index (χ0) is 26.2. The Balaban J connectivity index is 1.47. The molecule has 192 valence electrons. The van der Waals surface area contributed by atoms with Gasteiger partial charge in [-0.15, -0.1) is 0 Å². The van der Waals surface area contributed by atoms with E-state index in [0.717, 1.165) is 23.1 Å². The Hall–Kier alpha value is -3.49. The Kier molecular flexibility index (Phi) is 6.64. The Morgan fingerprint density at radius 2 is 1.70 bits per heavy atom. The van der Waals surface area contributed by atoms with E-state index in [9.17, 15) is 8.42 Å². The number of aromatic nitrogens is 2. The lowest BCUT2D eigenvalue weighted by atomic mass is 9.80. The number of nitrogens with one attached hydrogen (secondary N) is 1. The molecule has 0 unspecified atom stereocenters. The van der Waals surface area contributed by atoms with Gasteiger partial charge in [-0.1, -0.05) is 61.5 Å². The van der Waals surface area contributed by atoms with Gasteiger partial charge in [0.2, 0.25) is 10.0 Å². The standard InChI is InChI=1S/C29H31N3O4S/c1-5-20-11-14-23(15-12-20)37(33,34)32-27-19(2)29(3,4)35-25-16-13-22(18-24(25)27)28-30-26(31-36-28)17-21-9-7-6-8-10-21/h6-16,18-19,27,32H,5,17H2,1-4H3/t19-,27+/m1/s1. The van der Waals surface area contributed by atoms with Crippen LogP contribution in [0.15, 0.2) is 82.2 Å². The van der Waals surface area contributed by atoms with Crippen LogP contribution in [0.4, 0.5) is 0 Å². The number of hydrogen-bond acceptors (Lipinski definition) is 6. The second kappa shape index (κ2) is 9.76. The van der Waals surface area contributed by atoms with Gasteiger partial charge in [0.05, 0.1) is 10.9 Å². The molecular formula is C29H31N3O4S. The van der Waals surface area contributed by atoms with Gasteiger partial charge in [-0.2, -0.15) is 4.98 Å². The highest BCUT2D eigenvalue weighted by Gasteiger charge is 2.43. The van der Waals surface area contributed by atoms with Gasteiger partial charge < -0.3 is 9.26 Å². The monoisotopic (exact) mass is 517 g/mol. The minimum Gasteiger partial charge on any atom is -0.487 e. The van der Waals surface area contributed by atoms with Crippen LogP contribution in [0.2, 0.25) is 0 Å².